The molecule has 5 heteroatoms. The Hall–Kier alpha value is -3.05. The van der Waals surface area contributed by atoms with Crippen molar-refractivity contribution in [1.82, 2.24) is 14.3 Å². The summed E-state index contributed by atoms with van der Waals surface area (Å²) < 4.78 is 2.03. The van der Waals surface area contributed by atoms with Gasteiger partial charge < -0.3 is 9.30 Å². The number of nitrogens with zero attached hydrogens (tertiary/aromatic N) is 3. The smallest absolute Gasteiger partial charge is 0.254 e. The van der Waals surface area contributed by atoms with Crippen LogP contribution in [0.3, 0.4) is 0 Å². The predicted molar refractivity (Wildman–Crippen MR) is 118 cm³/mol. The molecule has 4 aromatic rings. The van der Waals surface area contributed by atoms with E-state index in [0.29, 0.717) is 5.56 Å². The molecule has 0 aliphatic rings. The molecule has 0 radical (unpaired) electrons. The lowest BCUT2D eigenvalue weighted by atomic mass is 10.1. The van der Waals surface area contributed by atoms with Crippen LogP contribution in [-0.4, -0.2) is 27.2 Å². The summed E-state index contributed by atoms with van der Waals surface area (Å²) in [6.07, 6.45) is 4.06. The standard InChI is InChI=1S/C24H23N3OS/c1-18(19-8-4-3-5-9-19)26(2)24(28)20-11-13-22(14-12-20)29-17-21-16-27-15-7-6-10-23(27)25-21/h3-16,18H,17H2,1-2H3. The highest BCUT2D eigenvalue weighted by molar-refractivity contribution is 7.98. The second-order valence-corrected chi connectivity index (χ2v) is 8.06. The summed E-state index contributed by atoms with van der Waals surface area (Å²) in [5.41, 5.74) is 3.83. The van der Waals surface area contributed by atoms with Gasteiger partial charge in [0, 0.05) is 35.7 Å². The molecule has 2 heterocycles. The Morgan fingerprint density at radius 1 is 1.03 bits per heavy atom. The monoisotopic (exact) mass is 401 g/mol. The van der Waals surface area contributed by atoms with Gasteiger partial charge in [0.2, 0.25) is 0 Å². The molecule has 4 rings (SSSR count). The Kier molecular flexibility index (Phi) is 5.67. The zero-order valence-corrected chi connectivity index (χ0v) is 17.3. The zero-order valence-electron chi connectivity index (χ0n) is 16.5. The third-order valence-electron chi connectivity index (χ3n) is 5.09. The summed E-state index contributed by atoms with van der Waals surface area (Å²) in [5.74, 6) is 0.818. The van der Waals surface area contributed by atoms with Crippen molar-refractivity contribution in [1.29, 1.82) is 0 Å². The van der Waals surface area contributed by atoms with E-state index in [1.165, 1.54) is 0 Å². The Morgan fingerprint density at radius 2 is 1.76 bits per heavy atom. The van der Waals surface area contributed by atoms with Crippen LogP contribution in [0, 0.1) is 0 Å². The molecule has 0 spiro atoms. The number of hydrogen-bond donors (Lipinski definition) is 0. The fraction of sp³-hybridized carbons (Fsp3) is 0.167. The maximum atomic E-state index is 12.9. The molecule has 0 fully saturated rings. The molecule has 0 saturated heterocycles. The third kappa shape index (κ3) is 4.35. The number of aromatic nitrogens is 2. The zero-order chi connectivity index (χ0) is 20.2. The fourth-order valence-corrected chi connectivity index (χ4v) is 4.02. The van der Waals surface area contributed by atoms with Gasteiger partial charge >= 0.3 is 0 Å². The third-order valence-corrected chi connectivity index (χ3v) is 6.13. The normalized spacial score (nSPS) is 12.1. The number of fused-ring (bicyclic) bond motifs is 1. The number of hydrogen-bond acceptors (Lipinski definition) is 3. The molecule has 0 aliphatic heterocycles. The van der Waals surface area contributed by atoms with Gasteiger partial charge in [0.05, 0.1) is 11.7 Å². The summed E-state index contributed by atoms with van der Waals surface area (Å²) >= 11 is 1.72. The van der Waals surface area contributed by atoms with Gasteiger partial charge in [0.1, 0.15) is 5.65 Å². The predicted octanol–water partition coefficient (Wildman–Crippen LogP) is 5.46. The molecule has 4 nitrogen and oxygen atoms in total. The Balaban J connectivity index is 1.39. The van der Waals surface area contributed by atoms with Gasteiger partial charge in [-0.2, -0.15) is 0 Å². The van der Waals surface area contributed by atoms with E-state index in [1.54, 1.807) is 16.7 Å². The molecule has 1 amide bonds. The van der Waals surface area contributed by atoms with E-state index in [4.69, 9.17) is 0 Å². The van der Waals surface area contributed by atoms with Gasteiger partial charge in [0.25, 0.3) is 5.91 Å². The fourth-order valence-electron chi connectivity index (χ4n) is 3.24. The van der Waals surface area contributed by atoms with Gasteiger partial charge in [-0.05, 0) is 48.9 Å². The first-order valence-corrected chi connectivity index (χ1v) is 10.6. The van der Waals surface area contributed by atoms with E-state index in [9.17, 15) is 4.79 Å². The van der Waals surface area contributed by atoms with Crippen molar-refractivity contribution in [2.24, 2.45) is 0 Å². The molecule has 0 N–H and O–H groups in total. The van der Waals surface area contributed by atoms with Crippen molar-refractivity contribution in [3.8, 4) is 0 Å². The maximum absolute atomic E-state index is 12.9. The molecule has 2 aromatic heterocycles. The van der Waals surface area contributed by atoms with Crippen molar-refractivity contribution in [2.75, 3.05) is 7.05 Å². The molecule has 29 heavy (non-hydrogen) atoms. The minimum atomic E-state index is 0.0211. The largest absolute Gasteiger partial charge is 0.335 e. The second kappa shape index (κ2) is 8.53. The van der Waals surface area contributed by atoms with E-state index < -0.39 is 0 Å². The molecule has 0 saturated carbocycles. The second-order valence-electron chi connectivity index (χ2n) is 7.01. The van der Waals surface area contributed by atoms with E-state index in [-0.39, 0.29) is 11.9 Å². The first-order chi connectivity index (χ1) is 14.1. The molecular weight excluding hydrogens is 378 g/mol. The van der Waals surface area contributed by atoms with Gasteiger partial charge in [-0.1, -0.05) is 36.4 Å². The van der Waals surface area contributed by atoms with Crippen LogP contribution in [0.2, 0.25) is 0 Å². The lowest BCUT2D eigenvalue weighted by Gasteiger charge is -2.25. The average Bonchev–Trinajstić information content (AvgIpc) is 3.20. The van der Waals surface area contributed by atoms with E-state index in [0.717, 1.165) is 27.6 Å². The van der Waals surface area contributed by atoms with Crippen molar-refractivity contribution < 1.29 is 4.79 Å². The Morgan fingerprint density at radius 3 is 2.48 bits per heavy atom. The van der Waals surface area contributed by atoms with Gasteiger partial charge in [0.15, 0.2) is 0 Å². The molecular formula is C24H23N3OS. The van der Waals surface area contributed by atoms with Gasteiger partial charge in [-0.25, -0.2) is 4.98 Å². The maximum Gasteiger partial charge on any atom is 0.254 e. The van der Waals surface area contributed by atoms with E-state index >= 15 is 0 Å². The van der Waals surface area contributed by atoms with Crippen molar-refractivity contribution >= 4 is 23.3 Å². The average molecular weight is 402 g/mol. The van der Waals surface area contributed by atoms with Gasteiger partial charge in [-0.15, -0.1) is 11.8 Å². The van der Waals surface area contributed by atoms with Crippen LogP contribution < -0.4 is 0 Å². The number of rotatable bonds is 6. The first-order valence-electron chi connectivity index (χ1n) is 9.59. The lowest BCUT2D eigenvalue weighted by Crippen LogP contribution is -2.29. The number of thioether (sulfide) groups is 1. The van der Waals surface area contributed by atoms with Crippen molar-refractivity contribution in [3.05, 3.63) is 102 Å². The summed E-state index contributed by atoms with van der Waals surface area (Å²) in [6.45, 7) is 2.05. The number of pyridine rings is 1. The van der Waals surface area contributed by atoms with Crippen LogP contribution in [0.15, 0.2) is 90.1 Å². The number of carbonyl (C=O) groups excluding carboxylic acids is 1. The topological polar surface area (TPSA) is 37.6 Å². The summed E-state index contributed by atoms with van der Waals surface area (Å²) in [6, 6.07) is 23.9. The quantitative estimate of drug-likeness (QED) is 0.403. The highest BCUT2D eigenvalue weighted by Crippen LogP contribution is 2.25. The molecule has 0 bridgehead atoms. The lowest BCUT2D eigenvalue weighted by molar-refractivity contribution is 0.0742. The minimum absolute atomic E-state index is 0.0211. The number of amides is 1. The molecule has 1 unspecified atom stereocenters. The van der Waals surface area contributed by atoms with Crippen LogP contribution in [0.4, 0.5) is 0 Å². The number of imidazole rings is 1. The van der Waals surface area contributed by atoms with Crippen LogP contribution in [0.1, 0.15) is 34.6 Å². The summed E-state index contributed by atoms with van der Waals surface area (Å²) in [5, 5.41) is 0. The van der Waals surface area contributed by atoms with Crippen molar-refractivity contribution in [3.63, 3.8) is 0 Å². The van der Waals surface area contributed by atoms with Crippen LogP contribution in [0.5, 0.6) is 0 Å². The molecule has 146 valence electrons. The summed E-state index contributed by atoms with van der Waals surface area (Å²) in [4.78, 5) is 20.4. The minimum Gasteiger partial charge on any atom is -0.335 e. The highest BCUT2D eigenvalue weighted by atomic mass is 32.2. The number of benzene rings is 2. The molecule has 2 aromatic carbocycles. The summed E-state index contributed by atoms with van der Waals surface area (Å²) in [7, 11) is 1.85. The number of carbonyl (C=O) groups is 1. The van der Waals surface area contributed by atoms with Crippen LogP contribution >= 0.6 is 11.8 Å². The van der Waals surface area contributed by atoms with Gasteiger partial charge in [-0.3, -0.25) is 4.79 Å². The van der Waals surface area contributed by atoms with Crippen molar-refractivity contribution in [2.45, 2.75) is 23.6 Å². The van der Waals surface area contributed by atoms with E-state index in [2.05, 4.69) is 11.2 Å². The highest BCUT2D eigenvalue weighted by Gasteiger charge is 2.18. The first kappa shape index (κ1) is 19.3. The Labute approximate surface area is 175 Å². The van der Waals surface area contributed by atoms with Crippen LogP contribution in [-0.2, 0) is 5.75 Å². The SMILES string of the molecule is CC(c1ccccc1)N(C)C(=O)c1ccc(SCc2cn3ccccc3n2)cc1. The molecule has 1 atom stereocenters. The molecule has 0 aliphatic carbocycles. The van der Waals surface area contributed by atoms with E-state index in [1.807, 2.05) is 97.4 Å². The Bertz CT molecular complexity index is 1070. The van der Waals surface area contributed by atoms with Crippen LogP contribution in [0.25, 0.3) is 5.65 Å².